The van der Waals surface area contributed by atoms with Crippen LogP contribution in [0.3, 0.4) is 0 Å². The summed E-state index contributed by atoms with van der Waals surface area (Å²) in [5.41, 5.74) is 0. The molecule has 0 amide bonds. The van der Waals surface area contributed by atoms with Crippen LogP contribution < -0.4 is 0 Å². The molecule has 0 spiro atoms. The largest absolute Gasteiger partial charge is 0.465 e. The molecule has 0 aromatic carbocycles. The number of hydrogen-bond donors (Lipinski definition) is 1. The first kappa shape index (κ1) is 15.7. The van der Waals surface area contributed by atoms with E-state index < -0.39 is 28.3 Å². The summed E-state index contributed by atoms with van der Waals surface area (Å²) < 4.78 is 32.7. The highest BCUT2D eigenvalue weighted by atomic mass is 32.2. The van der Waals surface area contributed by atoms with E-state index in [1.54, 1.807) is 6.92 Å². The predicted octanol–water partition coefficient (Wildman–Crippen LogP) is -0.285. The van der Waals surface area contributed by atoms with Crippen LogP contribution in [0.15, 0.2) is 0 Å². The Morgan fingerprint density at radius 2 is 1.90 bits per heavy atom. The van der Waals surface area contributed by atoms with Crippen molar-refractivity contribution in [1.29, 1.82) is 0 Å². The second kappa shape index (κ2) is 6.38. The van der Waals surface area contributed by atoms with Gasteiger partial charge in [0.05, 0.1) is 12.7 Å². The SMILES string of the molecule is CCOC(=O)C1CCCN1S(=O)(=O)N1CCC(O)CC1. The molecule has 0 aromatic rings. The smallest absolute Gasteiger partial charge is 0.324 e. The molecule has 20 heavy (non-hydrogen) atoms. The number of piperidine rings is 1. The van der Waals surface area contributed by atoms with Gasteiger partial charge in [0.25, 0.3) is 10.2 Å². The van der Waals surface area contributed by atoms with Crippen molar-refractivity contribution in [3.63, 3.8) is 0 Å². The molecular weight excluding hydrogens is 284 g/mol. The van der Waals surface area contributed by atoms with Gasteiger partial charge in [-0.1, -0.05) is 0 Å². The van der Waals surface area contributed by atoms with Crippen LogP contribution in [-0.4, -0.2) is 66.5 Å². The fraction of sp³-hybridized carbons (Fsp3) is 0.917. The first-order valence-electron chi connectivity index (χ1n) is 7.08. The zero-order valence-corrected chi connectivity index (χ0v) is 12.5. The maximum Gasteiger partial charge on any atom is 0.324 e. The van der Waals surface area contributed by atoms with Gasteiger partial charge in [0.2, 0.25) is 0 Å². The molecule has 2 fully saturated rings. The number of esters is 1. The number of aliphatic hydroxyl groups is 1. The van der Waals surface area contributed by atoms with Crippen LogP contribution in [0.2, 0.25) is 0 Å². The Morgan fingerprint density at radius 1 is 1.25 bits per heavy atom. The molecule has 2 heterocycles. The molecule has 2 rings (SSSR count). The number of carbonyl (C=O) groups is 1. The monoisotopic (exact) mass is 306 g/mol. The third-order valence-electron chi connectivity index (χ3n) is 3.81. The van der Waals surface area contributed by atoms with Crippen LogP contribution in [0.1, 0.15) is 32.6 Å². The summed E-state index contributed by atoms with van der Waals surface area (Å²) >= 11 is 0. The first-order valence-corrected chi connectivity index (χ1v) is 8.48. The molecule has 116 valence electrons. The average molecular weight is 306 g/mol. The minimum Gasteiger partial charge on any atom is -0.465 e. The molecule has 7 nitrogen and oxygen atoms in total. The zero-order chi connectivity index (χ0) is 14.8. The van der Waals surface area contributed by atoms with Gasteiger partial charge >= 0.3 is 5.97 Å². The summed E-state index contributed by atoms with van der Waals surface area (Å²) in [7, 11) is -3.64. The van der Waals surface area contributed by atoms with E-state index in [1.165, 1.54) is 8.61 Å². The van der Waals surface area contributed by atoms with Gasteiger partial charge in [-0.25, -0.2) is 0 Å². The fourth-order valence-corrected chi connectivity index (χ4v) is 4.55. The summed E-state index contributed by atoms with van der Waals surface area (Å²) in [4.78, 5) is 11.9. The van der Waals surface area contributed by atoms with E-state index in [0.29, 0.717) is 45.3 Å². The topological polar surface area (TPSA) is 87.2 Å². The average Bonchev–Trinajstić information content (AvgIpc) is 2.89. The number of nitrogens with zero attached hydrogens (tertiary/aromatic N) is 2. The Hall–Kier alpha value is -0.700. The van der Waals surface area contributed by atoms with Crippen LogP contribution in [0, 0.1) is 0 Å². The number of hydrogen-bond acceptors (Lipinski definition) is 5. The minimum atomic E-state index is -3.64. The van der Waals surface area contributed by atoms with Gasteiger partial charge in [0.1, 0.15) is 6.04 Å². The zero-order valence-electron chi connectivity index (χ0n) is 11.7. The first-order chi connectivity index (χ1) is 9.46. The fourth-order valence-electron chi connectivity index (χ4n) is 2.71. The van der Waals surface area contributed by atoms with Gasteiger partial charge in [-0.15, -0.1) is 0 Å². The molecule has 8 heteroatoms. The van der Waals surface area contributed by atoms with Gasteiger partial charge < -0.3 is 9.84 Å². The van der Waals surface area contributed by atoms with Crippen LogP contribution in [0.25, 0.3) is 0 Å². The molecule has 0 bridgehead atoms. The lowest BCUT2D eigenvalue weighted by atomic mass is 10.1. The highest BCUT2D eigenvalue weighted by Crippen LogP contribution is 2.26. The molecule has 0 saturated carbocycles. The van der Waals surface area contributed by atoms with Gasteiger partial charge in [0, 0.05) is 19.6 Å². The minimum absolute atomic E-state index is 0.249. The molecule has 0 aliphatic carbocycles. The second-order valence-corrected chi connectivity index (χ2v) is 7.04. The summed E-state index contributed by atoms with van der Waals surface area (Å²) in [5, 5.41) is 9.46. The maximum atomic E-state index is 12.6. The van der Waals surface area contributed by atoms with Gasteiger partial charge in [-0.05, 0) is 32.6 Å². The Labute approximate surface area is 119 Å². The quantitative estimate of drug-likeness (QED) is 0.722. The Kier molecular flexibility index (Phi) is 5.00. The maximum absolute atomic E-state index is 12.6. The number of aliphatic hydroxyl groups excluding tert-OH is 1. The van der Waals surface area contributed by atoms with E-state index in [4.69, 9.17) is 4.74 Å². The summed E-state index contributed by atoms with van der Waals surface area (Å²) in [5.74, 6) is -0.467. The molecule has 2 aliphatic heterocycles. The summed E-state index contributed by atoms with van der Waals surface area (Å²) in [6.45, 7) is 2.91. The molecule has 1 unspecified atom stereocenters. The molecule has 0 aromatic heterocycles. The molecule has 1 atom stereocenters. The molecule has 2 aliphatic rings. The predicted molar refractivity (Wildman–Crippen MR) is 72.1 cm³/mol. The third kappa shape index (κ3) is 3.13. The number of ether oxygens (including phenoxy) is 1. The van der Waals surface area contributed by atoms with Gasteiger partial charge in [-0.3, -0.25) is 4.79 Å². The molecule has 2 saturated heterocycles. The lowest BCUT2D eigenvalue weighted by molar-refractivity contribution is -0.147. The van der Waals surface area contributed by atoms with Gasteiger partial charge in [0.15, 0.2) is 0 Å². The van der Waals surface area contributed by atoms with Crippen molar-refractivity contribution in [2.24, 2.45) is 0 Å². The molecule has 1 N–H and O–H groups in total. The Morgan fingerprint density at radius 3 is 2.50 bits per heavy atom. The Bertz CT molecular complexity index is 445. The number of carbonyl (C=O) groups excluding carboxylic acids is 1. The van der Waals surface area contributed by atoms with Crippen molar-refractivity contribution in [2.45, 2.75) is 44.8 Å². The Balaban J connectivity index is 2.09. The van der Waals surface area contributed by atoms with Crippen LogP contribution in [0.5, 0.6) is 0 Å². The van der Waals surface area contributed by atoms with Crippen molar-refractivity contribution in [3.8, 4) is 0 Å². The van der Waals surface area contributed by atoms with E-state index in [9.17, 15) is 18.3 Å². The van der Waals surface area contributed by atoms with E-state index in [0.717, 1.165) is 0 Å². The van der Waals surface area contributed by atoms with Crippen molar-refractivity contribution >= 4 is 16.2 Å². The highest BCUT2D eigenvalue weighted by molar-refractivity contribution is 7.86. The van der Waals surface area contributed by atoms with Crippen molar-refractivity contribution in [1.82, 2.24) is 8.61 Å². The third-order valence-corrected chi connectivity index (χ3v) is 5.86. The van der Waals surface area contributed by atoms with E-state index in [2.05, 4.69) is 0 Å². The van der Waals surface area contributed by atoms with Crippen molar-refractivity contribution in [2.75, 3.05) is 26.2 Å². The van der Waals surface area contributed by atoms with Crippen molar-refractivity contribution in [3.05, 3.63) is 0 Å². The van der Waals surface area contributed by atoms with E-state index in [-0.39, 0.29) is 6.61 Å². The standard InChI is InChI=1S/C12H22N2O5S/c1-2-19-12(16)11-4-3-7-14(11)20(17,18)13-8-5-10(15)6-9-13/h10-11,15H,2-9H2,1H3. The van der Waals surface area contributed by atoms with Crippen molar-refractivity contribution < 1.29 is 23.1 Å². The van der Waals surface area contributed by atoms with E-state index >= 15 is 0 Å². The van der Waals surface area contributed by atoms with Gasteiger partial charge in [-0.2, -0.15) is 17.0 Å². The van der Waals surface area contributed by atoms with E-state index in [1.807, 2.05) is 0 Å². The summed E-state index contributed by atoms with van der Waals surface area (Å²) in [6.07, 6.45) is 1.63. The second-order valence-electron chi connectivity index (χ2n) is 5.16. The number of rotatable bonds is 4. The molecular formula is C12H22N2O5S. The summed E-state index contributed by atoms with van der Waals surface area (Å²) in [6, 6.07) is -0.702. The van der Waals surface area contributed by atoms with Crippen LogP contribution in [0.4, 0.5) is 0 Å². The van der Waals surface area contributed by atoms with Crippen LogP contribution in [-0.2, 0) is 19.7 Å². The normalized spacial score (nSPS) is 26.8. The van der Waals surface area contributed by atoms with Crippen LogP contribution >= 0.6 is 0 Å². The highest BCUT2D eigenvalue weighted by Gasteiger charge is 2.43. The lowest BCUT2D eigenvalue weighted by Crippen LogP contribution is -2.51. The lowest BCUT2D eigenvalue weighted by Gasteiger charge is -2.33. The molecule has 0 radical (unpaired) electrons.